The van der Waals surface area contributed by atoms with Crippen LogP contribution in [0.1, 0.15) is 13.3 Å². The molecule has 1 N–H and O–H groups in total. The Kier molecular flexibility index (Phi) is 8.02. The number of nitrogens with one attached hydrogen (secondary N) is 1. The fourth-order valence-corrected chi connectivity index (χ4v) is 3.45. The maximum atomic E-state index is 12.5. The second kappa shape index (κ2) is 9.24. The van der Waals surface area contributed by atoms with Gasteiger partial charge in [0.2, 0.25) is 15.9 Å². The summed E-state index contributed by atoms with van der Waals surface area (Å²) in [5.41, 5.74) is 0. The first-order valence-corrected chi connectivity index (χ1v) is 9.16. The maximum Gasteiger partial charge on any atom is 0.243 e. The van der Waals surface area contributed by atoms with Crippen molar-refractivity contribution in [2.24, 2.45) is 0 Å². The Bertz CT molecular complexity index is 575. The third-order valence-corrected chi connectivity index (χ3v) is 5.44. The molecule has 0 heterocycles. The smallest absolute Gasteiger partial charge is 0.243 e. The summed E-state index contributed by atoms with van der Waals surface area (Å²) in [5, 5.41) is 2.68. The Balaban J connectivity index is 2.69. The predicted molar refractivity (Wildman–Crippen MR) is 88.1 cm³/mol. The number of hydrogen-bond acceptors (Lipinski definition) is 4. The molecule has 1 rings (SSSR count). The molecular weight excluding hydrogens is 372 g/mol. The van der Waals surface area contributed by atoms with Gasteiger partial charge in [0.1, 0.15) is 0 Å². The molecule has 0 aliphatic heterocycles. The fraction of sp³-hybridized carbons (Fsp3) is 0.500. The van der Waals surface area contributed by atoms with Crippen LogP contribution in [0, 0.1) is 0 Å². The molecule has 0 spiro atoms. The van der Waals surface area contributed by atoms with Crippen molar-refractivity contribution in [2.45, 2.75) is 18.2 Å². The summed E-state index contributed by atoms with van der Waals surface area (Å²) in [6, 6.07) is 6.34. The molecule has 1 aromatic rings. The first-order valence-electron chi connectivity index (χ1n) is 6.93. The van der Waals surface area contributed by atoms with E-state index in [1.54, 1.807) is 26.2 Å². The Morgan fingerprint density at radius 1 is 1.32 bits per heavy atom. The highest BCUT2D eigenvalue weighted by atomic mass is 79.9. The monoisotopic (exact) mass is 392 g/mol. The Hall–Kier alpha value is -0.960. The molecule has 0 saturated carbocycles. The lowest BCUT2D eigenvalue weighted by Gasteiger charge is -2.20. The molecule has 8 heteroatoms. The zero-order valence-corrected chi connectivity index (χ0v) is 15.1. The van der Waals surface area contributed by atoms with Crippen LogP contribution in [0.4, 0.5) is 0 Å². The van der Waals surface area contributed by atoms with E-state index in [0.717, 1.165) is 8.78 Å². The highest BCUT2D eigenvalue weighted by Gasteiger charge is 2.24. The zero-order valence-electron chi connectivity index (χ0n) is 12.7. The molecule has 0 saturated heterocycles. The number of amides is 1. The molecule has 1 aromatic carbocycles. The van der Waals surface area contributed by atoms with Gasteiger partial charge in [-0.15, -0.1) is 0 Å². The molecule has 0 atom stereocenters. The van der Waals surface area contributed by atoms with Gasteiger partial charge in [0.05, 0.1) is 11.4 Å². The standard InChI is InChI=1S/C14H21BrN2O4S/c1-3-17(11-14(18)16-9-4-10-21-2)22(19,20)13-7-5-12(15)6-8-13/h5-8H,3-4,9-11H2,1-2H3,(H,16,18). The maximum absolute atomic E-state index is 12.5. The van der Waals surface area contributed by atoms with Gasteiger partial charge in [0.15, 0.2) is 0 Å². The van der Waals surface area contributed by atoms with E-state index in [1.807, 2.05) is 0 Å². The molecule has 1 amide bonds. The normalized spacial score (nSPS) is 11.6. The highest BCUT2D eigenvalue weighted by molar-refractivity contribution is 9.10. The number of hydrogen-bond donors (Lipinski definition) is 1. The minimum atomic E-state index is -3.67. The second-order valence-electron chi connectivity index (χ2n) is 4.58. The molecular formula is C14H21BrN2O4S. The minimum absolute atomic E-state index is 0.171. The molecule has 0 aliphatic carbocycles. The number of nitrogens with zero attached hydrogens (tertiary/aromatic N) is 1. The third kappa shape index (κ3) is 5.68. The van der Waals surface area contributed by atoms with Gasteiger partial charge in [-0.3, -0.25) is 4.79 Å². The van der Waals surface area contributed by atoms with Crippen molar-refractivity contribution in [2.75, 3.05) is 33.4 Å². The lowest BCUT2D eigenvalue weighted by atomic mass is 10.4. The second-order valence-corrected chi connectivity index (χ2v) is 7.44. The van der Waals surface area contributed by atoms with Crippen LogP contribution in [0.3, 0.4) is 0 Å². The number of carbonyl (C=O) groups is 1. The average molecular weight is 393 g/mol. The molecule has 22 heavy (non-hydrogen) atoms. The van der Waals surface area contributed by atoms with Gasteiger partial charge in [-0.1, -0.05) is 22.9 Å². The lowest BCUT2D eigenvalue weighted by molar-refractivity contribution is -0.121. The van der Waals surface area contributed by atoms with Crippen LogP contribution in [-0.4, -0.2) is 52.0 Å². The quantitative estimate of drug-likeness (QED) is 0.647. The Labute approximate surface area is 140 Å². The SMILES string of the molecule is CCN(CC(=O)NCCCOC)S(=O)(=O)c1ccc(Br)cc1. The van der Waals surface area contributed by atoms with Gasteiger partial charge in [-0.05, 0) is 30.7 Å². The number of likely N-dealkylation sites (N-methyl/N-ethyl adjacent to an activating group) is 1. The number of ether oxygens (including phenoxy) is 1. The fourth-order valence-electron chi connectivity index (χ4n) is 1.78. The van der Waals surface area contributed by atoms with E-state index in [9.17, 15) is 13.2 Å². The summed E-state index contributed by atoms with van der Waals surface area (Å²) in [6.45, 7) is 2.75. The van der Waals surface area contributed by atoms with E-state index < -0.39 is 10.0 Å². The van der Waals surface area contributed by atoms with E-state index in [4.69, 9.17) is 4.74 Å². The van der Waals surface area contributed by atoms with Crippen molar-refractivity contribution < 1.29 is 17.9 Å². The van der Waals surface area contributed by atoms with E-state index in [1.165, 1.54) is 12.1 Å². The van der Waals surface area contributed by atoms with Crippen LogP contribution in [0.2, 0.25) is 0 Å². The van der Waals surface area contributed by atoms with E-state index >= 15 is 0 Å². The average Bonchev–Trinajstić information content (AvgIpc) is 2.49. The summed E-state index contributed by atoms with van der Waals surface area (Å²) in [7, 11) is -2.08. The molecule has 0 unspecified atom stereocenters. The van der Waals surface area contributed by atoms with Crippen molar-refractivity contribution in [3.05, 3.63) is 28.7 Å². The summed E-state index contributed by atoms with van der Waals surface area (Å²) in [5.74, 6) is -0.321. The Morgan fingerprint density at radius 2 is 1.95 bits per heavy atom. The number of carbonyl (C=O) groups excluding carboxylic acids is 1. The zero-order chi connectivity index (χ0) is 16.6. The highest BCUT2D eigenvalue weighted by Crippen LogP contribution is 2.18. The van der Waals surface area contributed by atoms with Crippen molar-refractivity contribution >= 4 is 31.9 Å². The van der Waals surface area contributed by atoms with E-state index in [-0.39, 0.29) is 23.9 Å². The van der Waals surface area contributed by atoms with Crippen molar-refractivity contribution in [3.8, 4) is 0 Å². The summed E-state index contributed by atoms with van der Waals surface area (Å²) < 4.78 is 31.8. The van der Waals surface area contributed by atoms with Crippen molar-refractivity contribution in [1.82, 2.24) is 9.62 Å². The van der Waals surface area contributed by atoms with E-state index in [2.05, 4.69) is 21.2 Å². The van der Waals surface area contributed by atoms with Gasteiger partial charge in [0, 0.05) is 31.3 Å². The first-order chi connectivity index (χ1) is 10.4. The summed E-state index contributed by atoms with van der Waals surface area (Å²) in [4.78, 5) is 12.0. The van der Waals surface area contributed by atoms with Crippen LogP contribution >= 0.6 is 15.9 Å². The predicted octanol–water partition coefficient (Wildman–Crippen LogP) is 1.61. The van der Waals surface area contributed by atoms with Crippen molar-refractivity contribution in [3.63, 3.8) is 0 Å². The number of benzene rings is 1. The molecule has 0 aliphatic rings. The van der Waals surface area contributed by atoms with Crippen LogP contribution < -0.4 is 5.32 Å². The number of halogens is 1. The minimum Gasteiger partial charge on any atom is -0.385 e. The van der Waals surface area contributed by atoms with Crippen LogP contribution in [0.25, 0.3) is 0 Å². The molecule has 124 valence electrons. The summed E-state index contributed by atoms with van der Waals surface area (Å²) in [6.07, 6.45) is 0.688. The van der Waals surface area contributed by atoms with Crippen LogP contribution in [-0.2, 0) is 19.6 Å². The van der Waals surface area contributed by atoms with Crippen LogP contribution in [0.5, 0.6) is 0 Å². The molecule has 6 nitrogen and oxygen atoms in total. The number of sulfonamides is 1. The van der Waals surface area contributed by atoms with Gasteiger partial charge >= 0.3 is 0 Å². The van der Waals surface area contributed by atoms with Gasteiger partial charge < -0.3 is 10.1 Å². The number of rotatable bonds is 9. The van der Waals surface area contributed by atoms with Crippen LogP contribution in [0.15, 0.2) is 33.6 Å². The molecule has 0 bridgehead atoms. The van der Waals surface area contributed by atoms with Gasteiger partial charge in [0.25, 0.3) is 0 Å². The molecule has 0 fully saturated rings. The lowest BCUT2D eigenvalue weighted by Crippen LogP contribution is -2.40. The van der Waals surface area contributed by atoms with Gasteiger partial charge in [-0.25, -0.2) is 8.42 Å². The summed E-state index contributed by atoms with van der Waals surface area (Å²) >= 11 is 3.26. The number of methoxy groups -OCH3 is 1. The third-order valence-electron chi connectivity index (χ3n) is 2.97. The first kappa shape index (κ1) is 19.1. The van der Waals surface area contributed by atoms with Crippen molar-refractivity contribution in [1.29, 1.82) is 0 Å². The molecule has 0 aromatic heterocycles. The molecule has 0 radical (unpaired) electrons. The Morgan fingerprint density at radius 3 is 2.50 bits per heavy atom. The topological polar surface area (TPSA) is 75.7 Å². The van der Waals surface area contributed by atoms with E-state index in [0.29, 0.717) is 19.6 Å². The largest absolute Gasteiger partial charge is 0.385 e. The van der Waals surface area contributed by atoms with Gasteiger partial charge in [-0.2, -0.15) is 4.31 Å².